The molecule has 110 valence electrons. The molecular weight excluding hydrogens is 332 g/mol. The molecule has 0 spiro atoms. The van der Waals surface area contributed by atoms with Gasteiger partial charge in [0.2, 0.25) is 0 Å². The van der Waals surface area contributed by atoms with E-state index >= 15 is 0 Å². The topological polar surface area (TPSA) is 75.0 Å². The average molecular weight is 349 g/mol. The molecule has 1 fully saturated rings. The van der Waals surface area contributed by atoms with Crippen molar-refractivity contribution in [3.63, 3.8) is 0 Å². The van der Waals surface area contributed by atoms with E-state index in [0.29, 0.717) is 23.7 Å². The van der Waals surface area contributed by atoms with E-state index in [9.17, 15) is 4.79 Å². The van der Waals surface area contributed by atoms with E-state index in [0.717, 1.165) is 29.6 Å². The molecule has 1 saturated heterocycles. The lowest BCUT2D eigenvalue weighted by atomic mass is 9.94. The zero-order valence-electron chi connectivity index (χ0n) is 11.6. The van der Waals surface area contributed by atoms with Gasteiger partial charge in [-0.15, -0.1) is 0 Å². The highest BCUT2D eigenvalue weighted by atomic mass is 79.9. The summed E-state index contributed by atoms with van der Waals surface area (Å²) in [6.45, 7) is 1.50. The number of nitrogens with two attached hydrogens (primary N) is 1. The number of nitrogens with one attached hydrogen (secondary N) is 1. The molecule has 0 bridgehead atoms. The Kier molecular flexibility index (Phi) is 3.96. The Bertz CT molecular complexity index is 621. The Morgan fingerprint density at radius 2 is 2.29 bits per heavy atom. The van der Waals surface area contributed by atoms with Gasteiger partial charge in [-0.05, 0) is 37.1 Å². The number of hydrogen-bond acceptors (Lipinski definition) is 3. The number of likely N-dealkylation sites (tertiary alicyclic amines) is 1. The fourth-order valence-corrected chi connectivity index (χ4v) is 3.34. The number of H-pyrrole nitrogens is 1. The molecule has 2 heterocycles. The minimum absolute atomic E-state index is 0.0345. The SMILES string of the molecule is Nc1cc(Br)cc(C(=O)N2CCCC(c3ccn[nH]3)C2)c1. The van der Waals surface area contributed by atoms with Gasteiger partial charge in [0.25, 0.3) is 5.91 Å². The van der Waals surface area contributed by atoms with Crippen LogP contribution in [0.3, 0.4) is 0 Å². The number of aromatic amines is 1. The van der Waals surface area contributed by atoms with Crippen molar-refractivity contribution >= 4 is 27.5 Å². The van der Waals surface area contributed by atoms with Crippen molar-refractivity contribution in [3.8, 4) is 0 Å². The number of rotatable bonds is 2. The van der Waals surface area contributed by atoms with Gasteiger partial charge < -0.3 is 10.6 Å². The molecule has 21 heavy (non-hydrogen) atoms. The fourth-order valence-electron chi connectivity index (χ4n) is 2.83. The quantitative estimate of drug-likeness (QED) is 0.819. The van der Waals surface area contributed by atoms with E-state index in [-0.39, 0.29) is 5.91 Å². The maximum atomic E-state index is 12.6. The third-order valence-electron chi connectivity index (χ3n) is 3.84. The summed E-state index contributed by atoms with van der Waals surface area (Å²) in [6, 6.07) is 7.32. The molecule has 0 saturated carbocycles. The Balaban J connectivity index is 1.78. The van der Waals surface area contributed by atoms with Crippen LogP contribution in [-0.2, 0) is 0 Å². The first kappa shape index (κ1) is 14.1. The number of nitrogen functional groups attached to an aromatic ring is 1. The number of halogens is 1. The second kappa shape index (κ2) is 5.89. The van der Waals surface area contributed by atoms with Gasteiger partial charge in [-0.1, -0.05) is 15.9 Å². The smallest absolute Gasteiger partial charge is 0.253 e. The van der Waals surface area contributed by atoms with Crippen molar-refractivity contribution in [2.75, 3.05) is 18.8 Å². The summed E-state index contributed by atoms with van der Waals surface area (Å²) in [5.41, 5.74) is 8.14. The van der Waals surface area contributed by atoms with Gasteiger partial charge >= 0.3 is 0 Å². The van der Waals surface area contributed by atoms with Crippen LogP contribution < -0.4 is 5.73 Å². The Hall–Kier alpha value is -1.82. The van der Waals surface area contributed by atoms with Gasteiger partial charge in [-0.25, -0.2) is 0 Å². The van der Waals surface area contributed by atoms with Crippen LogP contribution in [0.2, 0.25) is 0 Å². The van der Waals surface area contributed by atoms with Gasteiger partial charge in [0.15, 0.2) is 0 Å². The van der Waals surface area contributed by atoms with Crippen LogP contribution in [0.25, 0.3) is 0 Å². The molecule has 1 amide bonds. The number of nitrogens with zero attached hydrogens (tertiary/aromatic N) is 2. The maximum absolute atomic E-state index is 12.6. The summed E-state index contributed by atoms with van der Waals surface area (Å²) in [4.78, 5) is 14.5. The van der Waals surface area contributed by atoms with Gasteiger partial charge in [-0.2, -0.15) is 5.10 Å². The van der Waals surface area contributed by atoms with Crippen LogP contribution in [0.4, 0.5) is 5.69 Å². The predicted octanol–water partition coefficient (Wildman–Crippen LogP) is 2.77. The van der Waals surface area contributed by atoms with E-state index < -0.39 is 0 Å². The molecule has 0 aliphatic carbocycles. The molecule has 2 aromatic rings. The average Bonchev–Trinajstić information content (AvgIpc) is 3.00. The zero-order chi connectivity index (χ0) is 14.8. The van der Waals surface area contributed by atoms with Gasteiger partial charge in [-0.3, -0.25) is 9.89 Å². The fraction of sp³-hybridized carbons (Fsp3) is 0.333. The normalized spacial score (nSPS) is 18.7. The lowest BCUT2D eigenvalue weighted by molar-refractivity contribution is 0.0706. The van der Waals surface area contributed by atoms with Gasteiger partial charge in [0.1, 0.15) is 0 Å². The van der Waals surface area contributed by atoms with Crippen molar-refractivity contribution in [2.45, 2.75) is 18.8 Å². The van der Waals surface area contributed by atoms with Gasteiger partial charge in [0.05, 0.1) is 0 Å². The summed E-state index contributed by atoms with van der Waals surface area (Å²) < 4.78 is 0.827. The number of carbonyl (C=O) groups is 1. The zero-order valence-corrected chi connectivity index (χ0v) is 13.1. The first-order chi connectivity index (χ1) is 10.1. The molecule has 5 nitrogen and oxygen atoms in total. The highest BCUT2D eigenvalue weighted by Gasteiger charge is 2.26. The highest BCUT2D eigenvalue weighted by Crippen LogP contribution is 2.27. The van der Waals surface area contributed by atoms with Crippen LogP contribution in [0.5, 0.6) is 0 Å². The summed E-state index contributed by atoms with van der Waals surface area (Å²) in [5, 5.41) is 7.01. The maximum Gasteiger partial charge on any atom is 0.253 e. The number of benzene rings is 1. The van der Waals surface area contributed by atoms with Crippen molar-refractivity contribution < 1.29 is 4.79 Å². The molecule has 0 radical (unpaired) electrons. The molecule has 1 atom stereocenters. The second-order valence-electron chi connectivity index (χ2n) is 5.38. The molecule has 1 aliphatic heterocycles. The van der Waals surface area contributed by atoms with E-state index in [2.05, 4.69) is 26.1 Å². The first-order valence-corrected chi connectivity index (χ1v) is 7.77. The molecule has 3 N–H and O–H groups in total. The number of piperidine rings is 1. The number of anilines is 1. The van der Waals surface area contributed by atoms with E-state index in [1.165, 1.54) is 0 Å². The minimum atomic E-state index is 0.0345. The third kappa shape index (κ3) is 3.10. The van der Waals surface area contributed by atoms with E-state index in [4.69, 9.17) is 5.73 Å². The lowest BCUT2D eigenvalue weighted by Crippen LogP contribution is -2.39. The Labute approximate surface area is 131 Å². The number of amides is 1. The van der Waals surface area contributed by atoms with Crippen molar-refractivity contribution in [1.29, 1.82) is 0 Å². The molecule has 1 aromatic carbocycles. The van der Waals surface area contributed by atoms with Crippen molar-refractivity contribution in [3.05, 3.63) is 46.2 Å². The monoisotopic (exact) mass is 348 g/mol. The number of hydrogen-bond donors (Lipinski definition) is 2. The van der Waals surface area contributed by atoms with Crippen molar-refractivity contribution in [1.82, 2.24) is 15.1 Å². The largest absolute Gasteiger partial charge is 0.399 e. The van der Waals surface area contributed by atoms with Gasteiger partial charge in [0, 0.05) is 46.6 Å². The molecule has 6 heteroatoms. The standard InChI is InChI=1S/C15H17BrN4O/c16-12-6-11(7-13(17)8-12)15(21)20-5-1-2-10(9-20)14-3-4-18-19-14/h3-4,6-8,10H,1-2,5,9,17H2,(H,18,19). The molecule has 3 rings (SSSR count). The van der Waals surface area contributed by atoms with E-state index in [1.54, 1.807) is 18.3 Å². The predicted molar refractivity (Wildman–Crippen MR) is 85.0 cm³/mol. The minimum Gasteiger partial charge on any atom is -0.399 e. The lowest BCUT2D eigenvalue weighted by Gasteiger charge is -2.32. The molecular formula is C15H17BrN4O. The van der Waals surface area contributed by atoms with Crippen LogP contribution in [0.15, 0.2) is 34.9 Å². The van der Waals surface area contributed by atoms with Crippen LogP contribution in [0, 0.1) is 0 Å². The van der Waals surface area contributed by atoms with Crippen molar-refractivity contribution in [2.24, 2.45) is 0 Å². The van der Waals surface area contributed by atoms with Crippen LogP contribution in [0.1, 0.15) is 34.8 Å². The molecule has 1 aromatic heterocycles. The second-order valence-corrected chi connectivity index (χ2v) is 6.29. The summed E-state index contributed by atoms with van der Waals surface area (Å²) >= 11 is 3.38. The Morgan fingerprint density at radius 3 is 3.00 bits per heavy atom. The summed E-state index contributed by atoms with van der Waals surface area (Å²) in [6.07, 6.45) is 3.83. The highest BCUT2D eigenvalue weighted by molar-refractivity contribution is 9.10. The van der Waals surface area contributed by atoms with Crippen LogP contribution in [-0.4, -0.2) is 34.1 Å². The molecule has 1 aliphatic rings. The van der Waals surface area contributed by atoms with Crippen LogP contribution >= 0.6 is 15.9 Å². The third-order valence-corrected chi connectivity index (χ3v) is 4.30. The molecule has 1 unspecified atom stereocenters. The van der Waals surface area contributed by atoms with E-state index in [1.807, 2.05) is 17.0 Å². The first-order valence-electron chi connectivity index (χ1n) is 6.98. The summed E-state index contributed by atoms with van der Waals surface area (Å²) in [7, 11) is 0. The number of carbonyl (C=O) groups excluding carboxylic acids is 1. The number of aromatic nitrogens is 2. The Morgan fingerprint density at radius 1 is 1.43 bits per heavy atom. The summed E-state index contributed by atoms with van der Waals surface area (Å²) in [5.74, 6) is 0.363.